The van der Waals surface area contributed by atoms with E-state index >= 15 is 0 Å². The first-order valence-corrected chi connectivity index (χ1v) is 7.61. The second-order valence-electron chi connectivity index (χ2n) is 4.73. The topological polar surface area (TPSA) is 79.3 Å². The van der Waals surface area contributed by atoms with Crippen LogP contribution in [0.15, 0.2) is 60.7 Å². The summed E-state index contributed by atoms with van der Waals surface area (Å²) < 4.78 is 1.10. The summed E-state index contributed by atoms with van der Waals surface area (Å²) in [6.45, 7) is 0. The van der Waals surface area contributed by atoms with Crippen molar-refractivity contribution in [3.63, 3.8) is 0 Å². The standard InChI is InChI=1S/C17H12N2O3S/c20-15(8-9-16(21)22)18-12-5-3-4-11(10-12)17-19-13-6-1-2-7-14(13)23-17/h1-10H,(H,18,20)(H,21,22)/b9-8+. The van der Waals surface area contributed by atoms with Crippen LogP contribution in [0.1, 0.15) is 0 Å². The molecule has 114 valence electrons. The van der Waals surface area contributed by atoms with Gasteiger partial charge in [0.15, 0.2) is 0 Å². The molecule has 0 atom stereocenters. The fourth-order valence-corrected chi connectivity index (χ4v) is 3.02. The summed E-state index contributed by atoms with van der Waals surface area (Å²) in [6.07, 6.45) is 1.78. The molecule has 6 heteroatoms. The van der Waals surface area contributed by atoms with Crippen LogP contribution in [-0.2, 0) is 9.59 Å². The van der Waals surface area contributed by atoms with E-state index < -0.39 is 11.9 Å². The van der Waals surface area contributed by atoms with Crippen molar-refractivity contribution < 1.29 is 14.7 Å². The van der Waals surface area contributed by atoms with Crippen LogP contribution in [0.2, 0.25) is 0 Å². The third-order valence-electron chi connectivity index (χ3n) is 3.05. The molecular weight excluding hydrogens is 312 g/mol. The molecule has 0 radical (unpaired) electrons. The summed E-state index contributed by atoms with van der Waals surface area (Å²) in [7, 11) is 0. The van der Waals surface area contributed by atoms with E-state index in [1.54, 1.807) is 17.4 Å². The first kappa shape index (κ1) is 14.9. The molecule has 0 fully saturated rings. The first-order valence-electron chi connectivity index (χ1n) is 6.80. The van der Waals surface area contributed by atoms with Gasteiger partial charge in [0.1, 0.15) is 5.01 Å². The fourth-order valence-electron chi connectivity index (χ4n) is 2.06. The zero-order chi connectivity index (χ0) is 16.2. The predicted octanol–water partition coefficient (Wildman–Crippen LogP) is 3.54. The van der Waals surface area contributed by atoms with E-state index in [-0.39, 0.29) is 0 Å². The number of carbonyl (C=O) groups excluding carboxylic acids is 1. The molecule has 0 aliphatic heterocycles. The Balaban J connectivity index is 1.84. The summed E-state index contributed by atoms with van der Waals surface area (Å²) in [5.74, 6) is -1.66. The number of carboxylic acid groups (broad SMARTS) is 1. The highest BCUT2D eigenvalue weighted by atomic mass is 32.1. The van der Waals surface area contributed by atoms with Crippen molar-refractivity contribution in [1.82, 2.24) is 4.98 Å². The molecule has 1 heterocycles. The van der Waals surface area contributed by atoms with Gasteiger partial charge in [-0.3, -0.25) is 4.79 Å². The monoisotopic (exact) mass is 324 g/mol. The van der Waals surface area contributed by atoms with Crippen LogP contribution in [0, 0.1) is 0 Å². The lowest BCUT2D eigenvalue weighted by molar-refractivity contribution is -0.131. The molecule has 23 heavy (non-hydrogen) atoms. The van der Waals surface area contributed by atoms with E-state index in [1.807, 2.05) is 42.5 Å². The van der Waals surface area contributed by atoms with Gasteiger partial charge in [-0.1, -0.05) is 24.3 Å². The number of rotatable bonds is 4. The lowest BCUT2D eigenvalue weighted by Gasteiger charge is -2.03. The predicted molar refractivity (Wildman–Crippen MR) is 90.5 cm³/mol. The minimum Gasteiger partial charge on any atom is -0.478 e. The Kier molecular flexibility index (Phi) is 4.16. The molecular formula is C17H12N2O3S. The van der Waals surface area contributed by atoms with Gasteiger partial charge in [0.25, 0.3) is 0 Å². The van der Waals surface area contributed by atoms with Crippen molar-refractivity contribution in [2.75, 3.05) is 5.32 Å². The highest BCUT2D eigenvalue weighted by Gasteiger charge is 2.07. The van der Waals surface area contributed by atoms with Crippen molar-refractivity contribution in [3.05, 3.63) is 60.7 Å². The van der Waals surface area contributed by atoms with Crippen LogP contribution < -0.4 is 5.32 Å². The van der Waals surface area contributed by atoms with Crippen molar-refractivity contribution >= 4 is 39.1 Å². The van der Waals surface area contributed by atoms with Gasteiger partial charge in [0.05, 0.1) is 10.2 Å². The number of nitrogens with one attached hydrogen (secondary N) is 1. The van der Waals surface area contributed by atoms with Crippen LogP contribution in [-0.4, -0.2) is 22.0 Å². The Morgan fingerprint density at radius 1 is 1.09 bits per heavy atom. The third-order valence-corrected chi connectivity index (χ3v) is 4.13. The summed E-state index contributed by atoms with van der Waals surface area (Å²) in [4.78, 5) is 26.6. The molecule has 3 aromatic rings. The van der Waals surface area contributed by atoms with Gasteiger partial charge >= 0.3 is 5.97 Å². The normalized spacial score (nSPS) is 11.0. The number of hydrogen-bond donors (Lipinski definition) is 2. The summed E-state index contributed by atoms with van der Waals surface area (Å²) in [5, 5.41) is 12.0. The van der Waals surface area contributed by atoms with Crippen LogP contribution in [0.4, 0.5) is 5.69 Å². The largest absolute Gasteiger partial charge is 0.478 e. The average Bonchev–Trinajstić information content (AvgIpc) is 2.97. The molecule has 0 aliphatic rings. The summed E-state index contributed by atoms with van der Waals surface area (Å²) in [5.41, 5.74) is 2.42. The van der Waals surface area contributed by atoms with Gasteiger partial charge in [0, 0.05) is 23.4 Å². The average molecular weight is 324 g/mol. The summed E-state index contributed by atoms with van der Waals surface area (Å²) in [6, 6.07) is 15.2. The molecule has 2 aromatic carbocycles. The van der Waals surface area contributed by atoms with Crippen molar-refractivity contribution in [2.45, 2.75) is 0 Å². The number of nitrogens with zero attached hydrogens (tertiary/aromatic N) is 1. The SMILES string of the molecule is O=C(O)/C=C/C(=O)Nc1cccc(-c2nc3ccccc3s2)c1. The molecule has 0 saturated carbocycles. The number of aromatic nitrogens is 1. The maximum absolute atomic E-state index is 11.6. The molecule has 1 amide bonds. The highest BCUT2D eigenvalue weighted by Crippen LogP contribution is 2.31. The second kappa shape index (κ2) is 6.41. The third kappa shape index (κ3) is 3.61. The van der Waals surface area contributed by atoms with Gasteiger partial charge in [-0.25, -0.2) is 9.78 Å². The number of anilines is 1. The molecule has 1 aromatic heterocycles. The molecule has 0 aliphatic carbocycles. The molecule has 0 saturated heterocycles. The Bertz CT molecular complexity index is 882. The number of carboxylic acids is 1. The summed E-state index contributed by atoms with van der Waals surface area (Å²) >= 11 is 1.58. The van der Waals surface area contributed by atoms with Crippen molar-refractivity contribution in [3.8, 4) is 10.6 Å². The number of thiazole rings is 1. The molecule has 0 spiro atoms. The minimum absolute atomic E-state index is 0.492. The molecule has 5 nitrogen and oxygen atoms in total. The number of amides is 1. The zero-order valence-corrected chi connectivity index (χ0v) is 12.7. The first-order chi connectivity index (χ1) is 11.1. The number of aliphatic carboxylic acids is 1. The van der Waals surface area contributed by atoms with E-state index in [1.165, 1.54) is 0 Å². The molecule has 0 bridgehead atoms. The van der Waals surface area contributed by atoms with Crippen LogP contribution in [0.5, 0.6) is 0 Å². The lowest BCUT2D eigenvalue weighted by atomic mass is 10.2. The van der Waals surface area contributed by atoms with Crippen LogP contribution in [0.3, 0.4) is 0 Å². The van der Waals surface area contributed by atoms with Gasteiger partial charge in [-0.15, -0.1) is 11.3 Å². The number of carbonyl (C=O) groups is 2. The van der Waals surface area contributed by atoms with Crippen LogP contribution >= 0.6 is 11.3 Å². The van der Waals surface area contributed by atoms with E-state index in [9.17, 15) is 9.59 Å². The zero-order valence-electron chi connectivity index (χ0n) is 11.9. The second-order valence-corrected chi connectivity index (χ2v) is 5.76. The van der Waals surface area contributed by atoms with Gasteiger partial charge in [0.2, 0.25) is 5.91 Å². The fraction of sp³-hybridized carbons (Fsp3) is 0. The Labute approximate surface area is 135 Å². The van der Waals surface area contributed by atoms with Gasteiger partial charge in [-0.2, -0.15) is 0 Å². The minimum atomic E-state index is -1.16. The van der Waals surface area contributed by atoms with E-state index in [4.69, 9.17) is 5.11 Å². The molecule has 0 unspecified atom stereocenters. The Hall–Kier alpha value is -2.99. The van der Waals surface area contributed by atoms with Crippen molar-refractivity contribution in [2.24, 2.45) is 0 Å². The number of hydrogen-bond acceptors (Lipinski definition) is 4. The van der Waals surface area contributed by atoms with Gasteiger partial charge in [-0.05, 0) is 24.3 Å². The quantitative estimate of drug-likeness (QED) is 0.719. The Morgan fingerprint density at radius 2 is 1.91 bits per heavy atom. The van der Waals surface area contributed by atoms with E-state index in [0.29, 0.717) is 5.69 Å². The Morgan fingerprint density at radius 3 is 2.70 bits per heavy atom. The highest BCUT2D eigenvalue weighted by molar-refractivity contribution is 7.21. The maximum atomic E-state index is 11.6. The van der Waals surface area contributed by atoms with Gasteiger partial charge < -0.3 is 10.4 Å². The van der Waals surface area contributed by atoms with E-state index in [2.05, 4.69) is 10.3 Å². The number of benzene rings is 2. The lowest BCUT2D eigenvalue weighted by Crippen LogP contribution is -2.08. The smallest absolute Gasteiger partial charge is 0.328 e. The van der Waals surface area contributed by atoms with E-state index in [0.717, 1.165) is 32.9 Å². The van der Waals surface area contributed by atoms with Crippen molar-refractivity contribution in [1.29, 1.82) is 0 Å². The number of fused-ring (bicyclic) bond motifs is 1. The van der Waals surface area contributed by atoms with Crippen LogP contribution in [0.25, 0.3) is 20.8 Å². The maximum Gasteiger partial charge on any atom is 0.328 e. The number of para-hydroxylation sites is 1. The molecule has 3 rings (SSSR count). The molecule has 2 N–H and O–H groups in total.